The second-order valence-electron chi connectivity index (χ2n) is 8.17. The van der Waals surface area contributed by atoms with Gasteiger partial charge in [0.1, 0.15) is 5.65 Å². The van der Waals surface area contributed by atoms with Crippen molar-refractivity contribution in [1.82, 2.24) is 14.9 Å². The molecule has 4 nitrogen and oxygen atoms in total. The molecule has 4 aromatic rings. The van der Waals surface area contributed by atoms with Crippen LogP contribution in [0, 0.1) is 24.2 Å². The van der Waals surface area contributed by atoms with Gasteiger partial charge in [-0.05, 0) is 61.7 Å². The molecule has 0 bridgehead atoms. The van der Waals surface area contributed by atoms with Crippen molar-refractivity contribution in [3.8, 4) is 28.3 Å². The molecule has 1 aliphatic rings. The van der Waals surface area contributed by atoms with Crippen molar-refractivity contribution < 1.29 is 0 Å². The molecule has 1 aliphatic heterocycles. The Morgan fingerprint density at radius 2 is 1.83 bits per heavy atom. The molecule has 4 heteroatoms. The summed E-state index contributed by atoms with van der Waals surface area (Å²) in [5.41, 5.74) is 7.50. The Kier molecular flexibility index (Phi) is 4.82. The molecule has 0 unspecified atom stereocenters. The van der Waals surface area contributed by atoms with E-state index in [0.717, 1.165) is 47.4 Å². The van der Waals surface area contributed by atoms with Crippen LogP contribution in [0.4, 0.5) is 0 Å². The number of nitrogens with one attached hydrogen (secondary N) is 1. The first-order valence-electron chi connectivity index (χ1n) is 10.5. The van der Waals surface area contributed by atoms with E-state index >= 15 is 0 Å². The Hall–Kier alpha value is -3.42. The third-order valence-electron chi connectivity index (χ3n) is 6.07. The molecule has 5 rings (SSSR count). The lowest BCUT2D eigenvalue weighted by molar-refractivity contribution is 0.489. The summed E-state index contributed by atoms with van der Waals surface area (Å²) in [4.78, 5) is 4.89. The second kappa shape index (κ2) is 7.78. The number of hydrogen-bond acceptors (Lipinski definition) is 3. The van der Waals surface area contributed by atoms with Gasteiger partial charge < -0.3 is 9.88 Å². The van der Waals surface area contributed by atoms with E-state index in [1.165, 1.54) is 17.5 Å². The predicted octanol–water partition coefficient (Wildman–Crippen LogP) is 5.16. The van der Waals surface area contributed by atoms with Crippen LogP contribution < -0.4 is 5.32 Å². The van der Waals surface area contributed by atoms with Gasteiger partial charge in [0.15, 0.2) is 0 Å². The molecule has 0 amide bonds. The fourth-order valence-corrected chi connectivity index (χ4v) is 4.41. The molecule has 0 radical (unpaired) electrons. The first-order valence-corrected chi connectivity index (χ1v) is 10.5. The predicted molar refractivity (Wildman–Crippen MR) is 121 cm³/mol. The van der Waals surface area contributed by atoms with E-state index in [0.29, 0.717) is 11.5 Å². The van der Waals surface area contributed by atoms with Gasteiger partial charge in [-0.25, -0.2) is 4.98 Å². The number of rotatable bonds is 4. The van der Waals surface area contributed by atoms with Crippen molar-refractivity contribution in [1.29, 1.82) is 5.26 Å². The Balaban J connectivity index is 1.68. The van der Waals surface area contributed by atoms with Gasteiger partial charge in [0.2, 0.25) is 0 Å². The van der Waals surface area contributed by atoms with E-state index in [9.17, 15) is 5.26 Å². The summed E-state index contributed by atoms with van der Waals surface area (Å²) in [6.07, 6.45) is 5.38. The van der Waals surface area contributed by atoms with E-state index in [4.69, 9.17) is 4.98 Å². The van der Waals surface area contributed by atoms with Crippen LogP contribution in [0.15, 0.2) is 67.0 Å². The van der Waals surface area contributed by atoms with Crippen molar-refractivity contribution in [2.75, 3.05) is 13.1 Å². The minimum absolute atomic E-state index is 0.650. The average Bonchev–Trinajstić information content (AvgIpc) is 3.44. The van der Waals surface area contributed by atoms with E-state index < -0.39 is 0 Å². The molecule has 0 saturated carbocycles. The zero-order valence-electron chi connectivity index (χ0n) is 17.1. The maximum atomic E-state index is 9.20. The number of benzene rings is 2. The number of nitrogens with zero attached hydrogens (tertiary/aromatic N) is 3. The Bertz CT molecular complexity index is 1220. The van der Waals surface area contributed by atoms with E-state index in [-0.39, 0.29) is 0 Å². The molecular weight excluding hydrogens is 368 g/mol. The van der Waals surface area contributed by atoms with Crippen molar-refractivity contribution in [2.45, 2.75) is 19.9 Å². The van der Waals surface area contributed by atoms with Gasteiger partial charge in [-0.3, -0.25) is 0 Å². The highest BCUT2D eigenvalue weighted by atomic mass is 15.0. The minimum atomic E-state index is 0.650. The van der Waals surface area contributed by atoms with Crippen molar-refractivity contribution in [3.63, 3.8) is 0 Å². The third-order valence-corrected chi connectivity index (χ3v) is 6.07. The smallest absolute Gasteiger partial charge is 0.140 e. The lowest BCUT2D eigenvalue weighted by Gasteiger charge is -2.14. The molecule has 1 fully saturated rings. The minimum Gasteiger partial charge on any atom is -0.332 e. The lowest BCUT2D eigenvalue weighted by Crippen LogP contribution is -2.14. The van der Waals surface area contributed by atoms with Crippen LogP contribution in [0.5, 0.6) is 0 Å². The third kappa shape index (κ3) is 3.38. The zero-order valence-corrected chi connectivity index (χ0v) is 17.1. The molecule has 2 aromatic heterocycles. The molecule has 148 valence electrons. The number of fused-ring (bicyclic) bond motifs is 1. The Morgan fingerprint density at radius 1 is 1.07 bits per heavy atom. The zero-order chi connectivity index (χ0) is 20.5. The van der Waals surface area contributed by atoms with Crippen molar-refractivity contribution in [3.05, 3.63) is 78.1 Å². The molecule has 3 heterocycles. The summed E-state index contributed by atoms with van der Waals surface area (Å²) < 4.78 is 2.29. The Labute approximate surface area is 176 Å². The number of aryl methyl sites for hydroxylation is 1. The SMILES string of the molecule is Cc1ccc(-c2cnc3c(ccn3C[C@@H]3CCNC3)c2-c2ccc(C#N)cc2)cc1. The van der Waals surface area contributed by atoms with Gasteiger partial charge >= 0.3 is 0 Å². The highest BCUT2D eigenvalue weighted by Crippen LogP contribution is 2.38. The van der Waals surface area contributed by atoms with E-state index in [1.807, 2.05) is 30.5 Å². The highest BCUT2D eigenvalue weighted by molar-refractivity contribution is 6.01. The standard InChI is InChI=1S/C26H24N4/c1-18-2-6-21(7-3-18)24-16-29-26-23(11-13-30(26)17-20-10-12-28-15-20)25(24)22-8-4-19(14-27)5-9-22/h2-9,11,13,16,20,28H,10,12,15,17H2,1H3/t20-/m1/s1. The average molecular weight is 393 g/mol. The lowest BCUT2D eigenvalue weighted by atomic mass is 9.93. The molecule has 0 aliphatic carbocycles. The summed E-state index contributed by atoms with van der Waals surface area (Å²) >= 11 is 0. The first kappa shape index (κ1) is 18.6. The summed E-state index contributed by atoms with van der Waals surface area (Å²) in [6, 6.07) is 20.9. The van der Waals surface area contributed by atoms with Gasteiger partial charge in [-0.15, -0.1) is 0 Å². The van der Waals surface area contributed by atoms with Gasteiger partial charge in [0, 0.05) is 35.5 Å². The summed E-state index contributed by atoms with van der Waals surface area (Å²) in [5.74, 6) is 0.650. The van der Waals surface area contributed by atoms with Gasteiger partial charge in [0.05, 0.1) is 11.6 Å². The van der Waals surface area contributed by atoms with Gasteiger partial charge in [0.25, 0.3) is 0 Å². The maximum Gasteiger partial charge on any atom is 0.140 e. The molecule has 1 saturated heterocycles. The van der Waals surface area contributed by atoms with E-state index in [1.54, 1.807) is 0 Å². The monoisotopic (exact) mass is 392 g/mol. The van der Waals surface area contributed by atoms with Crippen LogP contribution in [0.1, 0.15) is 17.5 Å². The first-order chi connectivity index (χ1) is 14.7. The molecule has 1 atom stereocenters. The molecule has 0 spiro atoms. The van der Waals surface area contributed by atoms with Crippen molar-refractivity contribution in [2.24, 2.45) is 5.92 Å². The highest BCUT2D eigenvalue weighted by Gasteiger charge is 2.19. The number of pyridine rings is 1. The van der Waals surface area contributed by atoms with Gasteiger partial charge in [-0.1, -0.05) is 42.0 Å². The summed E-state index contributed by atoms with van der Waals surface area (Å²) in [5, 5.41) is 13.8. The van der Waals surface area contributed by atoms with Crippen LogP contribution in [-0.2, 0) is 6.54 Å². The number of nitriles is 1. The topological polar surface area (TPSA) is 53.6 Å². The Morgan fingerprint density at radius 3 is 2.53 bits per heavy atom. The van der Waals surface area contributed by atoms with Crippen LogP contribution in [0.25, 0.3) is 33.3 Å². The fraction of sp³-hybridized carbons (Fsp3) is 0.231. The fourth-order valence-electron chi connectivity index (χ4n) is 4.41. The number of hydrogen-bond donors (Lipinski definition) is 1. The van der Waals surface area contributed by atoms with Crippen LogP contribution in [-0.4, -0.2) is 22.6 Å². The van der Waals surface area contributed by atoms with Crippen LogP contribution in [0.3, 0.4) is 0 Å². The molecular formula is C26H24N4. The normalized spacial score (nSPS) is 16.1. The van der Waals surface area contributed by atoms with Crippen molar-refractivity contribution >= 4 is 11.0 Å². The number of aromatic nitrogens is 2. The van der Waals surface area contributed by atoms with Crippen LogP contribution in [0.2, 0.25) is 0 Å². The molecule has 1 N–H and O–H groups in total. The molecule has 30 heavy (non-hydrogen) atoms. The second-order valence-corrected chi connectivity index (χ2v) is 8.17. The largest absolute Gasteiger partial charge is 0.332 e. The summed E-state index contributed by atoms with van der Waals surface area (Å²) in [6.45, 7) is 5.26. The molecule has 2 aromatic carbocycles. The maximum absolute atomic E-state index is 9.20. The summed E-state index contributed by atoms with van der Waals surface area (Å²) in [7, 11) is 0. The van der Waals surface area contributed by atoms with Gasteiger partial charge in [-0.2, -0.15) is 5.26 Å². The van der Waals surface area contributed by atoms with E-state index in [2.05, 4.69) is 59.4 Å². The van der Waals surface area contributed by atoms with Crippen LogP contribution >= 0.6 is 0 Å². The quantitative estimate of drug-likeness (QED) is 0.522.